The van der Waals surface area contributed by atoms with Crippen molar-refractivity contribution in [1.29, 1.82) is 0 Å². The van der Waals surface area contributed by atoms with Crippen LogP contribution in [0.3, 0.4) is 0 Å². The molecular formula is C13H18N4O4. The predicted octanol–water partition coefficient (Wildman–Crippen LogP) is 1.58. The predicted molar refractivity (Wildman–Crippen MR) is 76.6 cm³/mol. The Morgan fingerprint density at radius 2 is 2.24 bits per heavy atom. The number of anilines is 1. The van der Waals surface area contributed by atoms with E-state index in [4.69, 9.17) is 5.11 Å². The number of carboxylic acids is 1. The zero-order chi connectivity index (χ0) is 15.6. The average Bonchev–Trinajstić information content (AvgIpc) is 2.36. The van der Waals surface area contributed by atoms with Crippen molar-refractivity contribution in [1.82, 2.24) is 9.88 Å². The zero-order valence-electron chi connectivity index (χ0n) is 12.0. The van der Waals surface area contributed by atoms with E-state index in [1.54, 1.807) is 0 Å². The molecule has 1 fully saturated rings. The molecule has 1 aromatic heterocycles. The van der Waals surface area contributed by atoms with Crippen molar-refractivity contribution in [3.05, 3.63) is 27.9 Å². The number of nitrogens with zero attached hydrogens (tertiary/aromatic N) is 3. The molecule has 0 aliphatic heterocycles. The minimum Gasteiger partial charge on any atom is -0.477 e. The van der Waals surface area contributed by atoms with Crippen molar-refractivity contribution in [3.63, 3.8) is 0 Å². The summed E-state index contributed by atoms with van der Waals surface area (Å²) in [6.07, 6.45) is 4.26. The summed E-state index contributed by atoms with van der Waals surface area (Å²) >= 11 is 0. The second-order valence-corrected chi connectivity index (χ2v) is 5.47. The maximum atomic E-state index is 11.1. The van der Waals surface area contributed by atoms with Gasteiger partial charge in [-0.05, 0) is 33.4 Å². The highest BCUT2D eigenvalue weighted by molar-refractivity contribution is 5.93. The second kappa shape index (κ2) is 5.65. The Bertz CT molecular complexity index is 569. The number of carbonyl (C=O) groups is 1. The van der Waals surface area contributed by atoms with Crippen LogP contribution in [-0.4, -0.2) is 52.1 Å². The molecule has 21 heavy (non-hydrogen) atoms. The largest absolute Gasteiger partial charge is 0.477 e. The molecule has 0 aromatic carbocycles. The first-order chi connectivity index (χ1) is 9.85. The number of hydrogen-bond donors (Lipinski definition) is 2. The van der Waals surface area contributed by atoms with Gasteiger partial charge < -0.3 is 15.3 Å². The molecule has 0 unspecified atom stereocenters. The van der Waals surface area contributed by atoms with Crippen LogP contribution in [0.2, 0.25) is 0 Å². The molecule has 0 saturated heterocycles. The van der Waals surface area contributed by atoms with E-state index < -0.39 is 16.6 Å². The third-order valence-corrected chi connectivity index (χ3v) is 4.14. The summed E-state index contributed by atoms with van der Waals surface area (Å²) in [6.45, 7) is 0.629. The van der Waals surface area contributed by atoms with Gasteiger partial charge in [-0.15, -0.1) is 0 Å². The number of carboxylic acid groups (broad SMARTS) is 1. The van der Waals surface area contributed by atoms with E-state index in [2.05, 4.69) is 15.2 Å². The zero-order valence-corrected chi connectivity index (χ0v) is 12.0. The Labute approximate surface area is 121 Å². The number of pyridine rings is 1. The summed E-state index contributed by atoms with van der Waals surface area (Å²) in [7, 11) is 4.01. The molecule has 0 atom stereocenters. The van der Waals surface area contributed by atoms with Crippen LogP contribution in [0.1, 0.15) is 29.6 Å². The normalized spacial score (nSPS) is 16.3. The molecule has 8 heteroatoms. The van der Waals surface area contributed by atoms with E-state index in [-0.39, 0.29) is 11.1 Å². The van der Waals surface area contributed by atoms with Crippen molar-refractivity contribution < 1.29 is 14.8 Å². The highest BCUT2D eigenvalue weighted by Crippen LogP contribution is 2.36. The van der Waals surface area contributed by atoms with Gasteiger partial charge in [0.15, 0.2) is 0 Å². The van der Waals surface area contributed by atoms with Gasteiger partial charge in [0.1, 0.15) is 17.6 Å². The maximum Gasteiger partial charge on any atom is 0.342 e. The first-order valence-corrected chi connectivity index (χ1v) is 6.65. The summed E-state index contributed by atoms with van der Waals surface area (Å²) in [4.78, 5) is 27.2. The maximum absolute atomic E-state index is 11.1. The van der Waals surface area contributed by atoms with Crippen molar-refractivity contribution in [2.75, 3.05) is 26.0 Å². The van der Waals surface area contributed by atoms with Gasteiger partial charge in [0.05, 0.1) is 4.92 Å². The van der Waals surface area contributed by atoms with Gasteiger partial charge in [0.25, 0.3) is 0 Å². The monoisotopic (exact) mass is 294 g/mol. The number of rotatable bonds is 6. The van der Waals surface area contributed by atoms with Crippen molar-refractivity contribution in [2.45, 2.75) is 24.8 Å². The first kappa shape index (κ1) is 15.2. The van der Waals surface area contributed by atoms with Crippen LogP contribution in [-0.2, 0) is 0 Å². The molecule has 0 radical (unpaired) electrons. The number of aromatic nitrogens is 1. The molecular weight excluding hydrogens is 276 g/mol. The van der Waals surface area contributed by atoms with Gasteiger partial charge in [-0.1, -0.05) is 0 Å². The van der Waals surface area contributed by atoms with Crippen LogP contribution in [0.5, 0.6) is 0 Å². The van der Waals surface area contributed by atoms with E-state index in [9.17, 15) is 14.9 Å². The fourth-order valence-electron chi connectivity index (χ4n) is 2.48. The first-order valence-electron chi connectivity index (χ1n) is 6.65. The van der Waals surface area contributed by atoms with E-state index in [0.717, 1.165) is 25.5 Å². The molecule has 0 amide bonds. The van der Waals surface area contributed by atoms with E-state index in [0.29, 0.717) is 12.4 Å². The SMILES string of the molecule is CN(C)C1(CNc2cc(C(=O)O)c([N+](=O)[O-])cn2)CCC1. The van der Waals surface area contributed by atoms with Crippen molar-refractivity contribution in [3.8, 4) is 0 Å². The lowest BCUT2D eigenvalue weighted by molar-refractivity contribution is -0.385. The summed E-state index contributed by atoms with van der Waals surface area (Å²) in [5.41, 5.74) is -0.809. The molecule has 0 spiro atoms. The van der Waals surface area contributed by atoms with Gasteiger partial charge in [0, 0.05) is 18.2 Å². The molecule has 1 aliphatic rings. The minimum absolute atomic E-state index is 0.0485. The standard InChI is InChI=1S/C13H18N4O4/c1-16(2)13(4-3-5-13)8-15-11-6-9(12(18)19)10(7-14-11)17(20)21/h6-7H,3-5,8H2,1-2H3,(H,14,15)(H,18,19). The number of nitro groups is 1. The topological polar surface area (TPSA) is 109 Å². The third-order valence-electron chi connectivity index (χ3n) is 4.14. The Balaban J connectivity index is 2.16. The van der Waals surface area contributed by atoms with Gasteiger partial charge in [-0.3, -0.25) is 10.1 Å². The Hall–Kier alpha value is -2.22. The second-order valence-electron chi connectivity index (χ2n) is 5.47. The van der Waals surface area contributed by atoms with E-state index in [1.807, 2.05) is 14.1 Å². The summed E-state index contributed by atoms with van der Waals surface area (Å²) in [5.74, 6) is -0.996. The van der Waals surface area contributed by atoms with Crippen molar-refractivity contribution >= 4 is 17.5 Å². The van der Waals surface area contributed by atoms with Gasteiger partial charge in [-0.2, -0.15) is 0 Å². The van der Waals surface area contributed by atoms with Crippen molar-refractivity contribution in [2.24, 2.45) is 0 Å². The average molecular weight is 294 g/mol. The van der Waals surface area contributed by atoms with Gasteiger partial charge in [0.2, 0.25) is 0 Å². The van der Waals surface area contributed by atoms with Crippen LogP contribution in [0.4, 0.5) is 11.5 Å². The smallest absolute Gasteiger partial charge is 0.342 e. The molecule has 114 valence electrons. The molecule has 2 rings (SSSR count). The van der Waals surface area contributed by atoms with Crippen LogP contribution >= 0.6 is 0 Å². The quantitative estimate of drug-likeness (QED) is 0.605. The number of likely N-dealkylation sites (N-methyl/N-ethyl adjacent to an activating group) is 1. The number of aromatic carboxylic acids is 1. The lowest BCUT2D eigenvalue weighted by atomic mass is 9.75. The molecule has 0 bridgehead atoms. The highest BCUT2D eigenvalue weighted by Gasteiger charge is 2.38. The van der Waals surface area contributed by atoms with Crippen LogP contribution < -0.4 is 5.32 Å². The lowest BCUT2D eigenvalue weighted by Gasteiger charge is -2.47. The minimum atomic E-state index is -1.34. The number of nitrogens with one attached hydrogen (secondary N) is 1. The summed E-state index contributed by atoms with van der Waals surface area (Å²) in [5, 5.41) is 22.9. The molecule has 1 saturated carbocycles. The Morgan fingerprint density at radius 1 is 1.57 bits per heavy atom. The van der Waals surface area contributed by atoms with Crippen LogP contribution in [0, 0.1) is 10.1 Å². The third kappa shape index (κ3) is 2.94. The molecule has 1 aliphatic carbocycles. The lowest BCUT2D eigenvalue weighted by Crippen LogP contribution is -2.54. The Kier molecular flexibility index (Phi) is 4.08. The van der Waals surface area contributed by atoms with Crippen LogP contribution in [0.25, 0.3) is 0 Å². The fourth-order valence-corrected chi connectivity index (χ4v) is 2.48. The van der Waals surface area contributed by atoms with Gasteiger partial charge >= 0.3 is 11.7 Å². The van der Waals surface area contributed by atoms with E-state index >= 15 is 0 Å². The molecule has 8 nitrogen and oxygen atoms in total. The fraction of sp³-hybridized carbons (Fsp3) is 0.538. The Morgan fingerprint density at radius 3 is 2.67 bits per heavy atom. The summed E-state index contributed by atoms with van der Waals surface area (Å²) in [6, 6.07) is 1.21. The van der Waals surface area contributed by atoms with Crippen LogP contribution in [0.15, 0.2) is 12.3 Å². The molecule has 1 aromatic rings. The van der Waals surface area contributed by atoms with Gasteiger partial charge in [-0.25, -0.2) is 9.78 Å². The number of hydrogen-bond acceptors (Lipinski definition) is 6. The molecule has 2 N–H and O–H groups in total. The molecule has 1 heterocycles. The summed E-state index contributed by atoms with van der Waals surface area (Å²) < 4.78 is 0. The highest BCUT2D eigenvalue weighted by atomic mass is 16.6. The van der Waals surface area contributed by atoms with E-state index in [1.165, 1.54) is 6.07 Å².